The van der Waals surface area contributed by atoms with E-state index in [1.54, 1.807) is 4.90 Å². The summed E-state index contributed by atoms with van der Waals surface area (Å²) in [7, 11) is 1.82. The first-order chi connectivity index (χ1) is 6.59. The highest BCUT2D eigenvalue weighted by molar-refractivity contribution is 9.11. The molecule has 0 bridgehead atoms. The lowest BCUT2D eigenvalue weighted by molar-refractivity contribution is -0.118. The fourth-order valence-corrected chi connectivity index (χ4v) is 3.30. The third-order valence-electron chi connectivity index (χ3n) is 2.42. The summed E-state index contributed by atoms with van der Waals surface area (Å²) in [6.07, 6.45) is 1.43. The van der Waals surface area contributed by atoms with Crippen molar-refractivity contribution < 1.29 is 4.79 Å². The average molecular weight is 319 g/mol. The van der Waals surface area contributed by atoms with Gasteiger partial charge in [0.2, 0.25) is 5.91 Å². The molecule has 1 aromatic carbocycles. The molecule has 1 amide bonds. The number of carbonyl (C=O) groups is 1. The Morgan fingerprint density at radius 2 is 2.00 bits per heavy atom. The van der Waals surface area contributed by atoms with Gasteiger partial charge in [0.1, 0.15) is 0 Å². The Balaban J connectivity index is 2.60. The van der Waals surface area contributed by atoms with Crippen molar-refractivity contribution in [2.75, 3.05) is 11.9 Å². The molecule has 0 N–H and O–H groups in total. The van der Waals surface area contributed by atoms with Crippen molar-refractivity contribution in [3.8, 4) is 0 Å². The van der Waals surface area contributed by atoms with Gasteiger partial charge in [0.15, 0.2) is 0 Å². The summed E-state index contributed by atoms with van der Waals surface area (Å²) in [5.74, 6) is 0.181. The Morgan fingerprint density at radius 3 is 2.71 bits per heavy atom. The highest BCUT2D eigenvalue weighted by Crippen LogP contribution is 2.36. The van der Waals surface area contributed by atoms with Gasteiger partial charge in [-0.25, -0.2) is 0 Å². The number of rotatable bonds is 0. The Hall–Kier alpha value is -0.350. The molecule has 0 spiro atoms. The summed E-state index contributed by atoms with van der Waals surface area (Å²) >= 11 is 6.92. The van der Waals surface area contributed by atoms with E-state index in [9.17, 15) is 4.79 Å². The van der Waals surface area contributed by atoms with E-state index in [4.69, 9.17) is 0 Å². The number of benzene rings is 1. The number of carbonyl (C=O) groups excluding carboxylic acids is 1. The molecular weight excluding hydrogens is 310 g/mol. The molecule has 0 aromatic heterocycles. The Bertz CT molecular complexity index is 403. The topological polar surface area (TPSA) is 20.3 Å². The molecule has 0 saturated carbocycles. The van der Waals surface area contributed by atoms with Crippen molar-refractivity contribution in [1.29, 1.82) is 0 Å². The van der Waals surface area contributed by atoms with Gasteiger partial charge in [-0.1, -0.05) is 15.9 Å². The molecule has 0 unspecified atom stereocenters. The van der Waals surface area contributed by atoms with E-state index in [-0.39, 0.29) is 5.91 Å². The molecule has 0 radical (unpaired) electrons. The minimum absolute atomic E-state index is 0.181. The van der Waals surface area contributed by atoms with Crippen molar-refractivity contribution in [1.82, 2.24) is 0 Å². The first-order valence-corrected chi connectivity index (χ1v) is 5.92. The van der Waals surface area contributed by atoms with Crippen LogP contribution in [-0.4, -0.2) is 13.0 Å². The lowest BCUT2D eigenvalue weighted by Gasteiger charge is -2.27. The van der Waals surface area contributed by atoms with Gasteiger partial charge >= 0.3 is 0 Å². The molecular formula is C10H9Br2NO. The maximum absolute atomic E-state index is 11.5. The normalized spacial score (nSPS) is 15.6. The Kier molecular flexibility index (Phi) is 2.66. The van der Waals surface area contributed by atoms with Crippen LogP contribution >= 0.6 is 31.9 Å². The largest absolute Gasteiger partial charge is 0.314 e. The summed E-state index contributed by atoms with van der Waals surface area (Å²) in [5.41, 5.74) is 2.22. The van der Waals surface area contributed by atoms with E-state index in [1.807, 2.05) is 13.1 Å². The van der Waals surface area contributed by atoms with Gasteiger partial charge in [-0.05, 0) is 40.0 Å². The minimum atomic E-state index is 0.181. The van der Waals surface area contributed by atoms with E-state index in [2.05, 4.69) is 37.9 Å². The second-order valence-electron chi connectivity index (χ2n) is 3.35. The minimum Gasteiger partial charge on any atom is -0.314 e. The van der Waals surface area contributed by atoms with Crippen molar-refractivity contribution in [3.05, 3.63) is 26.6 Å². The molecule has 1 aliphatic rings. The number of aryl methyl sites for hydroxylation is 1. The van der Waals surface area contributed by atoms with Crippen molar-refractivity contribution in [2.45, 2.75) is 12.8 Å². The van der Waals surface area contributed by atoms with Gasteiger partial charge in [-0.15, -0.1) is 0 Å². The fraction of sp³-hybridized carbons (Fsp3) is 0.300. The van der Waals surface area contributed by atoms with Crippen LogP contribution in [0.3, 0.4) is 0 Å². The monoisotopic (exact) mass is 317 g/mol. The lowest BCUT2D eigenvalue weighted by atomic mass is 10.0. The molecule has 74 valence electrons. The SMILES string of the molecule is CN1C(=O)CCc2cc(Br)cc(Br)c21. The summed E-state index contributed by atoms with van der Waals surface area (Å²) in [6, 6.07) is 4.04. The number of nitrogens with zero attached hydrogens (tertiary/aromatic N) is 1. The predicted molar refractivity (Wildman–Crippen MR) is 63.6 cm³/mol. The van der Waals surface area contributed by atoms with Crippen molar-refractivity contribution >= 4 is 43.5 Å². The summed E-state index contributed by atoms with van der Waals surface area (Å²) in [4.78, 5) is 13.2. The van der Waals surface area contributed by atoms with E-state index in [0.717, 1.165) is 21.1 Å². The van der Waals surface area contributed by atoms with E-state index in [0.29, 0.717) is 6.42 Å². The van der Waals surface area contributed by atoms with Crippen LogP contribution in [-0.2, 0) is 11.2 Å². The van der Waals surface area contributed by atoms with Gasteiger partial charge < -0.3 is 4.90 Å². The number of halogens is 2. The lowest BCUT2D eigenvalue weighted by Crippen LogP contribution is -2.31. The zero-order valence-corrected chi connectivity index (χ0v) is 10.9. The maximum Gasteiger partial charge on any atom is 0.227 e. The molecule has 1 aromatic rings. The first-order valence-electron chi connectivity index (χ1n) is 4.34. The molecule has 2 nitrogen and oxygen atoms in total. The predicted octanol–water partition coefficient (Wildman–Crippen LogP) is 3.12. The van der Waals surface area contributed by atoms with Crippen LogP contribution in [0.5, 0.6) is 0 Å². The van der Waals surface area contributed by atoms with Crippen LogP contribution in [0.2, 0.25) is 0 Å². The maximum atomic E-state index is 11.5. The van der Waals surface area contributed by atoms with Crippen LogP contribution < -0.4 is 4.90 Å². The van der Waals surface area contributed by atoms with E-state index >= 15 is 0 Å². The number of amides is 1. The number of anilines is 1. The third-order valence-corrected chi connectivity index (χ3v) is 3.49. The smallest absolute Gasteiger partial charge is 0.227 e. The van der Waals surface area contributed by atoms with Crippen LogP contribution in [0.1, 0.15) is 12.0 Å². The quantitative estimate of drug-likeness (QED) is 0.719. The van der Waals surface area contributed by atoms with Crippen LogP contribution in [0.15, 0.2) is 21.1 Å². The molecule has 1 aliphatic heterocycles. The molecule has 0 aliphatic carbocycles. The van der Waals surface area contributed by atoms with Gasteiger partial charge in [0.25, 0.3) is 0 Å². The van der Waals surface area contributed by atoms with Crippen LogP contribution in [0, 0.1) is 0 Å². The van der Waals surface area contributed by atoms with Gasteiger partial charge in [0.05, 0.1) is 5.69 Å². The van der Waals surface area contributed by atoms with Crippen LogP contribution in [0.4, 0.5) is 5.69 Å². The second-order valence-corrected chi connectivity index (χ2v) is 5.12. The van der Waals surface area contributed by atoms with Crippen molar-refractivity contribution in [2.24, 2.45) is 0 Å². The molecule has 0 atom stereocenters. The van der Waals surface area contributed by atoms with Crippen LogP contribution in [0.25, 0.3) is 0 Å². The Morgan fingerprint density at radius 1 is 1.29 bits per heavy atom. The highest BCUT2D eigenvalue weighted by atomic mass is 79.9. The number of fused-ring (bicyclic) bond motifs is 1. The molecule has 2 rings (SSSR count). The average Bonchev–Trinajstić information content (AvgIpc) is 2.10. The molecule has 1 heterocycles. The zero-order valence-electron chi connectivity index (χ0n) is 7.68. The zero-order chi connectivity index (χ0) is 10.3. The van der Waals surface area contributed by atoms with Gasteiger partial charge in [-0.2, -0.15) is 0 Å². The standard InChI is InChI=1S/C10H9Br2NO/c1-13-9(14)3-2-6-4-7(11)5-8(12)10(6)13/h4-5H,2-3H2,1H3. The third kappa shape index (κ3) is 1.61. The summed E-state index contributed by atoms with van der Waals surface area (Å²) in [5, 5.41) is 0. The Labute approximate surface area is 99.5 Å². The fourth-order valence-electron chi connectivity index (χ4n) is 1.72. The van der Waals surface area contributed by atoms with E-state index in [1.165, 1.54) is 5.56 Å². The molecule has 4 heteroatoms. The number of hydrogen-bond donors (Lipinski definition) is 0. The molecule has 0 saturated heterocycles. The van der Waals surface area contributed by atoms with Gasteiger partial charge in [-0.3, -0.25) is 4.79 Å². The van der Waals surface area contributed by atoms with Crippen molar-refractivity contribution in [3.63, 3.8) is 0 Å². The number of hydrogen-bond acceptors (Lipinski definition) is 1. The first kappa shape index (κ1) is 10.2. The highest BCUT2D eigenvalue weighted by Gasteiger charge is 2.23. The summed E-state index contributed by atoms with van der Waals surface area (Å²) in [6.45, 7) is 0. The molecule has 14 heavy (non-hydrogen) atoms. The van der Waals surface area contributed by atoms with E-state index < -0.39 is 0 Å². The van der Waals surface area contributed by atoms with Gasteiger partial charge in [0, 0.05) is 22.4 Å². The second kappa shape index (κ2) is 3.66. The molecule has 0 fully saturated rings. The summed E-state index contributed by atoms with van der Waals surface area (Å²) < 4.78 is 2.02.